The monoisotopic (exact) mass is 459 g/mol. The predicted molar refractivity (Wildman–Crippen MR) is 132 cm³/mol. The van der Waals surface area contributed by atoms with E-state index in [9.17, 15) is 14.4 Å². The van der Waals surface area contributed by atoms with Crippen LogP contribution in [0.5, 0.6) is 5.75 Å². The molecule has 1 unspecified atom stereocenters. The van der Waals surface area contributed by atoms with Crippen molar-refractivity contribution in [1.29, 1.82) is 0 Å². The lowest BCUT2D eigenvalue weighted by Gasteiger charge is -2.26. The first-order valence-corrected chi connectivity index (χ1v) is 11.0. The number of para-hydroxylation sites is 1. The van der Waals surface area contributed by atoms with E-state index in [0.29, 0.717) is 22.6 Å². The lowest BCUT2D eigenvalue weighted by Crippen LogP contribution is -2.33. The van der Waals surface area contributed by atoms with Gasteiger partial charge in [0, 0.05) is 31.3 Å². The first-order valence-electron chi connectivity index (χ1n) is 11.0. The number of amides is 3. The van der Waals surface area contributed by atoms with Crippen LogP contribution < -0.4 is 15.4 Å². The molecule has 2 N–H and O–H groups in total. The zero-order valence-electron chi connectivity index (χ0n) is 19.6. The highest BCUT2D eigenvalue weighted by molar-refractivity contribution is 6.04. The molecule has 1 atom stereocenters. The number of hydrogen-bond donors (Lipinski definition) is 2. The number of benzene rings is 3. The Labute approximate surface area is 199 Å². The van der Waals surface area contributed by atoms with Crippen LogP contribution in [-0.4, -0.2) is 43.3 Å². The van der Waals surface area contributed by atoms with Gasteiger partial charge in [0.1, 0.15) is 5.75 Å². The molecule has 0 aliphatic rings. The molecule has 0 aliphatic carbocycles. The van der Waals surface area contributed by atoms with Crippen molar-refractivity contribution in [3.05, 3.63) is 95.6 Å². The standard InChI is InChI=1S/C27H29N3O4/c1-19(21-12-9-13-22(18-21)29-26(32)20-10-5-4-6-11-20)30(2)25(31)16-17-28-27(33)23-14-7-8-15-24(23)34-3/h4-15,18-19H,16-17H2,1-3H3,(H,28,33)(H,29,32). The molecule has 3 rings (SSSR count). The normalized spacial score (nSPS) is 11.3. The average Bonchev–Trinajstić information content (AvgIpc) is 2.88. The molecule has 34 heavy (non-hydrogen) atoms. The molecular weight excluding hydrogens is 430 g/mol. The summed E-state index contributed by atoms with van der Waals surface area (Å²) >= 11 is 0. The molecule has 0 radical (unpaired) electrons. The molecule has 0 spiro atoms. The molecular formula is C27H29N3O4. The van der Waals surface area contributed by atoms with Gasteiger partial charge >= 0.3 is 0 Å². The maximum absolute atomic E-state index is 12.7. The van der Waals surface area contributed by atoms with Crippen molar-refractivity contribution >= 4 is 23.4 Å². The summed E-state index contributed by atoms with van der Waals surface area (Å²) < 4.78 is 5.21. The minimum absolute atomic E-state index is 0.105. The summed E-state index contributed by atoms with van der Waals surface area (Å²) in [6.45, 7) is 2.13. The summed E-state index contributed by atoms with van der Waals surface area (Å²) in [7, 11) is 3.23. The topological polar surface area (TPSA) is 87.7 Å². The lowest BCUT2D eigenvalue weighted by atomic mass is 10.1. The number of ether oxygens (including phenoxy) is 1. The van der Waals surface area contributed by atoms with Crippen LogP contribution in [0.2, 0.25) is 0 Å². The molecule has 0 fully saturated rings. The second kappa shape index (κ2) is 11.7. The number of carbonyl (C=O) groups is 3. The van der Waals surface area contributed by atoms with E-state index in [0.717, 1.165) is 5.56 Å². The molecule has 3 amide bonds. The Morgan fingerprint density at radius 1 is 0.912 bits per heavy atom. The zero-order valence-corrected chi connectivity index (χ0v) is 19.6. The summed E-state index contributed by atoms with van der Waals surface area (Å²) in [6, 6.07) is 23.1. The van der Waals surface area contributed by atoms with Crippen LogP contribution in [-0.2, 0) is 4.79 Å². The van der Waals surface area contributed by atoms with Gasteiger partial charge in [0.15, 0.2) is 0 Å². The number of rotatable bonds is 9. The van der Waals surface area contributed by atoms with Crippen LogP contribution >= 0.6 is 0 Å². The van der Waals surface area contributed by atoms with E-state index in [4.69, 9.17) is 4.74 Å². The fraction of sp³-hybridized carbons (Fsp3) is 0.222. The maximum Gasteiger partial charge on any atom is 0.255 e. The second-order valence-electron chi connectivity index (χ2n) is 7.83. The van der Waals surface area contributed by atoms with Crippen LogP contribution in [0.1, 0.15) is 45.7 Å². The molecule has 176 valence electrons. The van der Waals surface area contributed by atoms with Crippen molar-refractivity contribution in [1.82, 2.24) is 10.2 Å². The number of nitrogens with one attached hydrogen (secondary N) is 2. The Hall–Kier alpha value is -4.13. The van der Waals surface area contributed by atoms with Crippen LogP contribution in [0, 0.1) is 0 Å². The summed E-state index contributed by atoms with van der Waals surface area (Å²) in [4.78, 5) is 39.2. The quantitative estimate of drug-likeness (QED) is 0.500. The largest absolute Gasteiger partial charge is 0.496 e. The van der Waals surface area contributed by atoms with Gasteiger partial charge in [-0.25, -0.2) is 0 Å². The van der Waals surface area contributed by atoms with Gasteiger partial charge in [-0.15, -0.1) is 0 Å². The molecule has 3 aromatic carbocycles. The lowest BCUT2D eigenvalue weighted by molar-refractivity contribution is -0.131. The van der Waals surface area contributed by atoms with Gasteiger partial charge < -0.3 is 20.3 Å². The van der Waals surface area contributed by atoms with E-state index in [1.165, 1.54) is 7.11 Å². The molecule has 0 aliphatic heterocycles. The van der Waals surface area contributed by atoms with Crippen molar-refractivity contribution in [2.45, 2.75) is 19.4 Å². The number of nitrogens with zero attached hydrogens (tertiary/aromatic N) is 1. The van der Waals surface area contributed by atoms with Crippen LogP contribution in [0.15, 0.2) is 78.9 Å². The van der Waals surface area contributed by atoms with Gasteiger partial charge in [-0.05, 0) is 48.9 Å². The van der Waals surface area contributed by atoms with Gasteiger partial charge in [-0.1, -0.05) is 42.5 Å². The molecule has 0 bridgehead atoms. The van der Waals surface area contributed by atoms with E-state index >= 15 is 0 Å². The van der Waals surface area contributed by atoms with Gasteiger partial charge in [-0.3, -0.25) is 14.4 Å². The number of hydrogen-bond acceptors (Lipinski definition) is 4. The summed E-state index contributed by atoms with van der Waals surface area (Å²) in [5, 5.41) is 5.66. The number of methoxy groups -OCH3 is 1. The Morgan fingerprint density at radius 2 is 1.62 bits per heavy atom. The molecule has 0 saturated heterocycles. The van der Waals surface area contributed by atoms with Gasteiger partial charge in [0.05, 0.1) is 18.7 Å². The predicted octanol–water partition coefficient (Wildman–Crippen LogP) is 4.29. The molecule has 0 heterocycles. The Morgan fingerprint density at radius 3 is 2.35 bits per heavy atom. The first-order chi connectivity index (χ1) is 16.4. The van der Waals surface area contributed by atoms with Crippen molar-refractivity contribution < 1.29 is 19.1 Å². The van der Waals surface area contributed by atoms with Crippen LogP contribution in [0.3, 0.4) is 0 Å². The Kier molecular flexibility index (Phi) is 8.40. The second-order valence-corrected chi connectivity index (χ2v) is 7.83. The number of anilines is 1. The average molecular weight is 460 g/mol. The van der Waals surface area contributed by atoms with Crippen LogP contribution in [0.25, 0.3) is 0 Å². The molecule has 7 heteroatoms. The third kappa shape index (κ3) is 6.22. The summed E-state index contributed by atoms with van der Waals surface area (Å²) in [5.41, 5.74) is 2.54. The van der Waals surface area contributed by atoms with E-state index < -0.39 is 0 Å². The highest BCUT2D eigenvalue weighted by Crippen LogP contribution is 2.23. The van der Waals surface area contributed by atoms with E-state index in [1.54, 1.807) is 48.3 Å². The van der Waals surface area contributed by atoms with Gasteiger partial charge in [0.25, 0.3) is 11.8 Å². The highest BCUT2D eigenvalue weighted by atomic mass is 16.5. The summed E-state index contributed by atoms with van der Waals surface area (Å²) in [6.07, 6.45) is 0.159. The molecule has 7 nitrogen and oxygen atoms in total. The SMILES string of the molecule is COc1ccccc1C(=O)NCCC(=O)N(C)C(C)c1cccc(NC(=O)c2ccccc2)c1. The third-order valence-corrected chi connectivity index (χ3v) is 5.61. The molecule has 0 saturated carbocycles. The zero-order chi connectivity index (χ0) is 24.5. The van der Waals surface area contributed by atoms with Crippen molar-refractivity contribution in [2.75, 3.05) is 26.0 Å². The van der Waals surface area contributed by atoms with Gasteiger partial charge in [0.2, 0.25) is 5.91 Å². The van der Waals surface area contributed by atoms with E-state index in [-0.39, 0.29) is 36.7 Å². The minimum Gasteiger partial charge on any atom is -0.496 e. The highest BCUT2D eigenvalue weighted by Gasteiger charge is 2.19. The van der Waals surface area contributed by atoms with Crippen molar-refractivity contribution in [3.63, 3.8) is 0 Å². The maximum atomic E-state index is 12.7. The number of carbonyl (C=O) groups excluding carboxylic acids is 3. The Bertz CT molecular complexity index is 1150. The third-order valence-electron chi connectivity index (χ3n) is 5.61. The van der Waals surface area contributed by atoms with Crippen LogP contribution in [0.4, 0.5) is 5.69 Å². The summed E-state index contributed by atoms with van der Waals surface area (Å²) in [5.74, 6) is -0.105. The smallest absolute Gasteiger partial charge is 0.255 e. The fourth-order valence-corrected chi connectivity index (χ4v) is 3.50. The van der Waals surface area contributed by atoms with Crippen molar-refractivity contribution in [2.24, 2.45) is 0 Å². The molecule has 3 aromatic rings. The van der Waals surface area contributed by atoms with Crippen molar-refractivity contribution in [3.8, 4) is 5.75 Å². The minimum atomic E-state index is -0.289. The first kappa shape index (κ1) is 24.5. The fourth-order valence-electron chi connectivity index (χ4n) is 3.50. The Balaban J connectivity index is 1.55. The molecule has 0 aromatic heterocycles. The van der Waals surface area contributed by atoms with E-state index in [2.05, 4.69) is 10.6 Å². The van der Waals surface area contributed by atoms with Gasteiger partial charge in [-0.2, -0.15) is 0 Å². The van der Waals surface area contributed by atoms with E-state index in [1.807, 2.05) is 49.4 Å².